The first-order valence-corrected chi connectivity index (χ1v) is 7.79. The number of nitrogens with zero attached hydrogens (tertiary/aromatic N) is 1. The molecule has 106 valence electrons. The first-order valence-electron chi connectivity index (χ1n) is 5.97. The van der Waals surface area contributed by atoms with Gasteiger partial charge in [-0.15, -0.1) is 6.58 Å². The van der Waals surface area contributed by atoms with Crippen molar-refractivity contribution >= 4 is 21.6 Å². The highest BCUT2D eigenvalue weighted by molar-refractivity contribution is 7.89. The number of hydrogen-bond donors (Lipinski definition) is 1. The summed E-state index contributed by atoms with van der Waals surface area (Å²) in [5.74, 6) is 0. The Morgan fingerprint density at radius 3 is 2.63 bits per heavy atom. The molecule has 19 heavy (non-hydrogen) atoms. The summed E-state index contributed by atoms with van der Waals surface area (Å²) in [6, 6.07) is 4.35. The Labute approximate surface area is 119 Å². The number of halogens is 1. The van der Waals surface area contributed by atoms with Crippen molar-refractivity contribution in [3.63, 3.8) is 0 Å². The van der Waals surface area contributed by atoms with E-state index in [1.807, 2.05) is 6.92 Å². The number of aliphatic hydroxyl groups is 1. The van der Waals surface area contributed by atoms with Gasteiger partial charge in [-0.25, -0.2) is 8.42 Å². The van der Waals surface area contributed by atoms with Crippen LogP contribution in [0.2, 0.25) is 5.02 Å². The highest BCUT2D eigenvalue weighted by Gasteiger charge is 2.23. The average molecular weight is 304 g/mol. The van der Waals surface area contributed by atoms with Crippen LogP contribution in [0.5, 0.6) is 0 Å². The Morgan fingerprint density at radius 2 is 2.16 bits per heavy atom. The van der Waals surface area contributed by atoms with Crippen LogP contribution in [0.4, 0.5) is 0 Å². The zero-order chi connectivity index (χ0) is 14.5. The summed E-state index contributed by atoms with van der Waals surface area (Å²) in [5.41, 5.74) is 0.506. The van der Waals surface area contributed by atoms with Gasteiger partial charge in [0.25, 0.3) is 0 Å². The van der Waals surface area contributed by atoms with Crippen molar-refractivity contribution in [2.45, 2.75) is 24.8 Å². The molecule has 0 aromatic heterocycles. The molecule has 0 radical (unpaired) electrons. The molecule has 6 heteroatoms. The third kappa shape index (κ3) is 3.79. The summed E-state index contributed by atoms with van der Waals surface area (Å²) in [5, 5.41) is 9.28. The smallest absolute Gasteiger partial charge is 0.243 e. The molecule has 0 unspecified atom stereocenters. The summed E-state index contributed by atoms with van der Waals surface area (Å²) in [7, 11) is -3.58. The first kappa shape index (κ1) is 16.2. The van der Waals surface area contributed by atoms with Crippen LogP contribution >= 0.6 is 11.6 Å². The minimum Gasteiger partial charge on any atom is -0.392 e. The average Bonchev–Trinajstić information content (AvgIpc) is 2.38. The van der Waals surface area contributed by atoms with Gasteiger partial charge in [0.15, 0.2) is 0 Å². The van der Waals surface area contributed by atoms with Gasteiger partial charge in [-0.1, -0.05) is 30.7 Å². The lowest BCUT2D eigenvalue weighted by atomic mass is 10.2. The van der Waals surface area contributed by atoms with Crippen molar-refractivity contribution in [1.29, 1.82) is 0 Å². The molecule has 1 aromatic carbocycles. The van der Waals surface area contributed by atoms with Crippen LogP contribution in [0.25, 0.3) is 0 Å². The molecule has 0 saturated carbocycles. The van der Waals surface area contributed by atoms with Gasteiger partial charge in [0.2, 0.25) is 10.0 Å². The molecule has 1 aromatic rings. The summed E-state index contributed by atoms with van der Waals surface area (Å²) in [6.07, 6.45) is 2.27. The number of rotatable bonds is 7. The monoisotopic (exact) mass is 303 g/mol. The van der Waals surface area contributed by atoms with Crippen LogP contribution in [0.3, 0.4) is 0 Å². The minimum atomic E-state index is -3.58. The summed E-state index contributed by atoms with van der Waals surface area (Å²) < 4.78 is 26.2. The molecule has 0 aliphatic carbocycles. The van der Waals surface area contributed by atoms with Crippen LogP contribution in [0.15, 0.2) is 35.7 Å². The molecular weight excluding hydrogens is 286 g/mol. The van der Waals surface area contributed by atoms with Crippen LogP contribution in [-0.2, 0) is 16.6 Å². The number of aliphatic hydroxyl groups excluding tert-OH is 1. The lowest BCUT2D eigenvalue weighted by molar-refractivity contribution is 0.282. The Morgan fingerprint density at radius 1 is 1.47 bits per heavy atom. The van der Waals surface area contributed by atoms with E-state index in [9.17, 15) is 8.42 Å². The van der Waals surface area contributed by atoms with Crippen molar-refractivity contribution < 1.29 is 13.5 Å². The highest BCUT2D eigenvalue weighted by Crippen LogP contribution is 2.23. The molecule has 0 aliphatic rings. The number of benzene rings is 1. The summed E-state index contributed by atoms with van der Waals surface area (Å²) in [6.45, 7) is 5.95. The van der Waals surface area contributed by atoms with Crippen LogP contribution < -0.4 is 0 Å². The predicted octanol–water partition coefficient (Wildman–Crippen LogP) is 2.42. The van der Waals surface area contributed by atoms with E-state index in [0.717, 1.165) is 6.42 Å². The van der Waals surface area contributed by atoms with Gasteiger partial charge in [0.1, 0.15) is 0 Å². The van der Waals surface area contributed by atoms with E-state index in [4.69, 9.17) is 16.7 Å². The molecular formula is C13H18ClNO3S. The molecule has 0 fully saturated rings. The minimum absolute atomic E-state index is 0.130. The van der Waals surface area contributed by atoms with E-state index in [1.54, 1.807) is 6.08 Å². The lowest BCUT2D eigenvalue weighted by Crippen LogP contribution is -2.32. The fourth-order valence-corrected chi connectivity index (χ4v) is 3.50. The zero-order valence-electron chi connectivity index (χ0n) is 10.8. The molecule has 0 aliphatic heterocycles. The molecule has 0 saturated heterocycles. The van der Waals surface area contributed by atoms with Gasteiger partial charge in [-0.3, -0.25) is 0 Å². The van der Waals surface area contributed by atoms with Crippen molar-refractivity contribution in [3.05, 3.63) is 41.4 Å². The second-order valence-corrected chi connectivity index (χ2v) is 6.41. The molecule has 1 rings (SSSR count). The van der Waals surface area contributed by atoms with Gasteiger partial charge < -0.3 is 5.11 Å². The first-order chi connectivity index (χ1) is 8.97. The maximum absolute atomic E-state index is 12.4. The molecule has 0 atom stereocenters. The maximum atomic E-state index is 12.4. The molecule has 4 nitrogen and oxygen atoms in total. The van der Waals surface area contributed by atoms with Crippen LogP contribution in [-0.4, -0.2) is 30.9 Å². The summed E-state index contributed by atoms with van der Waals surface area (Å²) >= 11 is 5.93. The molecule has 0 amide bonds. The van der Waals surface area contributed by atoms with E-state index < -0.39 is 10.0 Å². The summed E-state index contributed by atoms with van der Waals surface area (Å²) in [4.78, 5) is 0.130. The van der Waals surface area contributed by atoms with Crippen LogP contribution in [0.1, 0.15) is 18.9 Å². The van der Waals surface area contributed by atoms with Gasteiger partial charge >= 0.3 is 0 Å². The molecule has 1 N–H and O–H groups in total. The van der Waals surface area contributed by atoms with Crippen molar-refractivity contribution in [2.24, 2.45) is 0 Å². The second-order valence-electron chi connectivity index (χ2n) is 4.06. The van der Waals surface area contributed by atoms with Crippen LogP contribution in [0, 0.1) is 0 Å². The Kier molecular flexibility index (Phi) is 6.00. The topological polar surface area (TPSA) is 57.6 Å². The molecule has 0 spiro atoms. The van der Waals surface area contributed by atoms with Gasteiger partial charge in [0.05, 0.1) is 11.5 Å². The lowest BCUT2D eigenvalue weighted by Gasteiger charge is -2.20. The van der Waals surface area contributed by atoms with E-state index in [-0.39, 0.29) is 23.1 Å². The van der Waals surface area contributed by atoms with E-state index >= 15 is 0 Å². The highest BCUT2D eigenvalue weighted by atomic mass is 35.5. The van der Waals surface area contributed by atoms with Crippen molar-refractivity contribution in [1.82, 2.24) is 4.31 Å². The fraction of sp³-hybridized carbons (Fsp3) is 0.385. The Bertz CT molecular complexity index is 543. The second kappa shape index (κ2) is 7.05. The number of sulfonamides is 1. The van der Waals surface area contributed by atoms with Crippen molar-refractivity contribution in [2.75, 3.05) is 13.1 Å². The third-order valence-corrected chi connectivity index (χ3v) is 4.85. The third-order valence-electron chi connectivity index (χ3n) is 2.64. The van der Waals surface area contributed by atoms with Gasteiger partial charge in [-0.05, 0) is 24.1 Å². The van der Waals surface area contributed by atoms with E-state index in [0.29, 0.717) is 12.1 Å². The molecule has 0 heterocycles. The number of hydrogen-bond acceptors (Lipinski definition) is 3. The SMILES string of the molecule is C=CCN(CCC)S(=O)(=O)c1ccc(CO)c(Cl)c1. The standard InChI is InChI=1S/C13H18ClNO3S/c1-3-7-15(8-4-2)19(17,18)12-6-5-11(10-16)13(14)9-12/h3,5-6,9,16H,1,4,7-8,10H2,2H3. The largest absolute Gasteiger partial charge is 0.392 e. The van der Waals surface area contributed by atoms with Gasteiger partial charge in [0, 0.05) is 18.1 Å². The van der Waals surface area contributed by atoms with Gasteiger partial charge in [-0.2, -0.15) is 4.31 Å². The van der Waals surface area contributed by atoms with E-state index in [2.05, 4.69) is 6.58 Å². The Hall–Kier alpha value is -0.880. The van der Waals surface area contributed by atoms with Crippen molar-refractivity contribution in [3.8, 4) is 0 Å². The maximum Gasteiger partial charge on any atom is 0.243 e. The Balaban J connectivity index is 3.17. The molecule has 0 bridgehead atoms. The fourth-order valence-electron chi connectivity index (χ4n) is 1.67. The predicted molar refractivity (Wildman–Crippen MR) is 76.6 cm³/mol. The van der Waals surface area contributed by atoms with E-state index in [1.165, 1.54) is 22.5 Å². The zero-order valence-corrected chi connectivity index (χ0v) is 12.4. The normalized spacial score (nSPS) is 11.8. The quantitative estimate of drug-likeness (QED) is 0.787.